The van der Waals surface area contributed by atoms with Crippen molar-refractivity contribution in [1.29, 1.82) is 0 Å². The van der Waals surface area contributed by atoms with Gasteiger partial charge in [0.05, 0.1) is 6.42 Å². The largest absolute Gasteiger partial charge is 0.481 e. The van der Waals surface area contributed by atoms with Crippen LogP contribution in [0.1, 0.15) is 38.2 Å². The van der Waals surface area contributed by atoms with Crippen LogP contribution in [0.5, 0.6) is 0 Å². The number of carboxylic acids is 1. The summed E-state index contributed by atoms with van der Waals surface area (Å²) in [7, 11) is 2.00. The van der Waals surface area contributed by atoms with Crippen molar-refractivity contribution in [3.63, 3.8) is 0 Å². The van der Waals surface area contributed by atoms with Gasteiger partial charge >= 0.3 is 5.97 Å². The van der Waals surface area contributed by atoms with Gasteiger partial charge in [-0.1, -0.05) is 44.2 Å². The van der Waals surface area contributed by atoms with E-state index in [0.717, 1.165) is 13.0 Å². The van der Waals surface area contributed by atoms with Gasteiger partial charge in [0.25, 0.3) is 0 Å². The highest BCUT2D eigenvalue weighted by atomic mass is 16.4. The van der Waals surface area contributed by atoms with Crippen LogP contribution < -0.4 is 0 Å². The van der Waals surface area contributed by atoms with Gasteiger partial charge in [-0.3, -0.25) is 4.79 Å². The zero-order chi connectivity index (χ0) is 14.3. The molecule has 0 bridgehead atoms. The molecule has 0 radical (unpaired) electrons. The third-order valence-electron chi connectivity index (χ3n) is 3.27. The highest BCUT2D eigenvalue weighted by molar-refractivity contribution is 5.66. The number of nitrogens with zero attached hydrogens (tertiary/aromatic N) is 1. The molecule has 0 spiro atoms. The zero-order valence-electron chi connectivity index (χ0n) is 12.2. The Balaban J connectivity index is 2.62. The summed E-state index contributed by atoms with van der Waals surface area (Å²) in [6.45, 7) is 5.98. The maximum atomic E-state index is 10.6. The van der Waals surface area contributed by atoms with Gasteiger partial charge in [0.1, 0.15) is 0 Å². The second-order valence-electron chi connectivity index (χ2n) is 5.64. The zero-order valence-corrected chi connectivity index (χ0v) is 12.2. The van der Waals surface area contributed by atoms with Gasteiger partial charge < -0.3 is 10.0 Å². The Morgan fingerprint density at radius 1 is 1.26 bits per heavy atom. The van der Waals surface area contributed by atoms with Crippen molar-refractivity contribution in [2.75, 3.05) is 20.1 Å². The molecule has 3 nitrogen and oxygen atoms in total. The molecule has 0 aliphatic rings. The predicted molar refractivity (Wildman–Crippen MR) is 78.4 cm³/mol. The van der Waals surface area contributed by atoms with E-state index in [2.05, 4.69) is 43.0 Å². The average molecular weight is 263 g/mol. The van der Waals surface area contributed by atoms with E-state index >= 15 is 0 Å². The molecular weight excluding hydrogens is 238 g/mol. The van der Waals surface area contributed by atoms with Crippen LogP contribution in [-0.4, -0.2) is 36.1 Å². The van der Waals surface area contributed by atoms with E-state index in [9.17, 15) is 4.79 Å². The van der Waals surface area contributed by atoms with E-state index in [1.165, 1.54) is 5.56 Å². The first kappa shape index (κ1) is 15.7. The Morgan fingerprint density at radius 2 is 1.89 bits per heavy atom. The minimum atomic E-state index is -0.730. The molecule has 1 atom stereocenters. The van der Waals surface area contributed by atoms with Crippen molar-refractivity contribution in [1.82, 2.24) is 4.90 Å². The van der Waals surface area contributed by atoms with E-state index in [4.69, 9.17) is 5.11 Å². The molecule has 0 fully saturated rings. The Hall–Kier alpha value is -1.35. The summed E-state index contributed by atoms with van der Waals surface area (Å²) >= 11 is 0. The molecule has 1 unspecified atom stereocenters. The SMILES string of the molecule is CC(C)CC(CN(C)CCC(=O)O)c1ccccc1. The lowest BCUT2D eigenvalue weighted by atomic mass is 9.90. The maximum absolute atomic E-state index is 10.6. The molecule has 0 aliphatic heterocycles. The predicted octanol–water partition coefficient (Wildman–Crippen LogP) is 3.22. The lowest BCUT2D eigenvalue weighted by molar-refractivity contribution is -0.137. The highest BCUT2D eigenvalue weighted by Gasteiger charge is 2.16. The van der Waals surface area contributed by atoms with Gasteiger partial charge in [0.15, 0.2) is 0 Å². The van der Waals surface area contributed by atoms with Gasteiger partial charge in [0.2, 0.25) is 0 Å². The fourth-order valence-electron chi connectivity index (χ4n) is 2.36. The van der Waals surface area contributed by atoms with Crippen LogP contribution in [0, 0.1) is 5.92 Å². The van der Waals surface area contributed by atoms with Crippen molar-refractivity contribution in [2.45, 2.75) is 32.6 Å². The molecule has 0 aromatic heterocycles. The van der Waals surface area contributed by atoms with Crippen molar-refractivity contribution in [3.8, 4) is 0 Å². The van der Waals surface area contributed by atoms with Crippen LogP contribution >= 0.6 is 0 Å². The molecule has 0 aliphatic carbocycles. The number of benzene rings is 1. The van der Waals surface area contributed by atoms with E-state index in [0.29, 0.717) is 18.4 Å². The molecule has 0 heterocycles. The van der Waals surface area contributed by atoms with E-state index in [-0.39, 0.29) is 6.42 Å². The summed E-state index contributed by atoms with van der Waals surface area (Å²) < 4.78 is 0. The van der Waals surface area contributed by atoms with Crippen LogP contribution in [0.2, 0.25) is 0 Å². The summed E-state index contributed by atoms with van der Waals surface area (Å²) in [6.07, 6.45) is 1.33. The Morgan fingerprint density at radius 3 is 2.42 bits per heavy atom. The number of carboxylic acid groups (broad SMARTS) is 1. The molecule has 1 aromatic rings. The smallest absolute Gasteiger partial charge is 0.304 e. The van der Waals surface area contributed by atoms with Crippen LogP contribution in [0.15, 0.2) is 30.3 Å². The Bertz CT molecular complexity index is 376. The lowest BCUT2D eigenvalue weighted by Crippen LogP contribution is -2.27. The minimum Gasteiger partial charge on any atom is -0.481 e. The normalized spacial score (nSPS) is 12.9. The van der Waals surface area contributed by atoms with Gasteiger partial charge in [-0.05, 0) is 30.9 Å². The number of likely N-dealkylation sites (N-methyl/N-ethyl adjacent to an activating group) is 1. The molecule has 3 heteroatoms. The summed E-state index contributed by atoms with van der Waals surface area (Å²) in [4.78, 5) is 12.7. The third kappa shape index (κ3) is 6.39. The van der Waals surface area contributed by atoms with Crippen molar-refractivity contribution in [3.05, 3.63) is 35.9 Å². The second-order valence-corrected chi connectivity index (χ2v) is 5.64. The molecule has 106 valence electrons. The van der Waals surface area contributed by atoms with Crippen LogP contribution in [0.3, 0.4) is 0 Å². The lowest BCUT2D eigenvalue weighted by Gasteiger charge is -2.25. The maximum Gasteiger partial charge on any atom is 0.304 e. The first-order valence-electron chi connectivity index (χ1n) is 6.94. The van der Waals surface area contributed by atoms with Gasteiger partial charge in [-0.15, -0.1) is 0 Å². The Kier molecular flexibility index (Phi) is 6.57. The molecule has 19 heavy (non-hydrogen) atoms. The average Bonchev–Trinajstić information content (AvgIpc) is 2.36. The standard InChI is InChI=1S/C16H25NO2/c1-13(2)11-15(14-7-5-4-6-8-14)12-17(3)10-9-16(18)19/h4-8,13,15H,9-12H2,1-3H3,(H,18,19). The minimum absolute atomic E-state index is 0.208. The summed E-state index contributed by atoms with van der Waals surface area (Å²) in [5.41, 5.74) is 1.35. The first-order chi connectivity index (χ1) is 8.99. The van der Waals surface area contributed by atoms with Gasteiger partial charge in [0, 0.05) is 13.1 Å². The van der Waals surface area contributed by atoms with E-state index < -0.39 is 5.97 Å². The highest BCUT2D eigenvalue weighted by Crippen LogP contribution is 2.24. The number of hydrogen-bond donors (Lipinski definition) is 1. The third-order valence-corrected chi connectivity index (χ3v) is 3.27. The summed E-state index contributed by atoms with van der Waals surface area (Å²) in [5.74, 6) is 0.380. The number of aliphatic carboxylic acids is 1. The molecule has 0 amide bonds. The van der Waals surface area contributed by atoms with Gasteiger partial charge in [-0.25, -0.2) is 0 Å². The fourth-order valence-corrected chi connectivity index (χ4v) is 2.36. The van der Waals surface area contributed by atoms with Crippen LogP contribution in [0.4, 0.5) is 0 Å². The summed E-state index contributed by atoms with van der Waals surface area (Å²) in [6, 6.07) is 10.5. The quantitative estimate of drug-likeness (QED) is 0.783. The number of carbonyl (C=O) groups is 1. The van der Waals surface area contributed by atoms with Crippen molar-refractivity contribution in [2.24, 2.45) is 5.92 Å². The van der Waals surface area contributed by atoms with Gasteiger partial charge in [-0.2, -0.15) is 0 Å². The topological polar surface area (TPSA) is 40.5 Å². The number of hydrogen-bond acceptors (Lipinski definition) is 2. The fraction of sp³-hybridized carbons (Fsp3) is 0.562. The molecule has 0 saturated carbocycles. The molecule has 1 aromatic carbocycles. The first-order valence-corrected chi connectivity index (χ1v) is 6.94. The molecule has 1 N–H and O–H groups in total. The molecule has 1 rings (SSSR count). The monoisotopic (exact) mass is 263 g/mol. The molecule has 0 saturated heterocycles. The van der Waals surface area contributed by atoms with Crippen molar-refractivity contribution >= 4 is 5.97 Å². The Labute approximate surface area is 116 Å². The van der Waals surface area contributed by atoms with Crippen molar-refractivity contribution < 1.29 is 9.90 Å². The van der Waals surface area contributed by atoms with E-state index in [1.807, 2.05) is 13.1 Å². The summed E-state index contributed by atoms with van der Waals surface area (Å²) in [5, 5.41) is 8.73. The molecular formula is C16H25NO2. The number of rotatable bonds is 8. The second kappa shape index (κ2) is 7.95. The van der Waals surface area contributed by atoms with Crippen LogP contribution in [0.25, 0.3) is 0 Å². The van der Waals surface area contributed by atoms with Crippen LogP contribution in [-0.2, 0) is 4.79 Å². The van der Waals surface area contributed by atoms with E-state index in [1.54, 1.807) is 0 Å².